The number of nitrogens with zero attached hydrogens (tertiary/aromatic N) is 5. The molecule has 0 radical (unpaired) electrons. The van der Waals surface area contributed by atoms with Gasteiger partial charge in [0.05, 0.1) is 30.4 Å². The van der Waals surface area contributed by atoms with Crippen molar-refractivity contribution in [3.05, 3.63) is 65.7 Å². The van der Waals surface area contributed by atoms with Crippen LogP contribution in [0.1, 0.15) is 28.0 Å². The third-order valence-electron chi connectivity index (χ3n) is 4.22. The number of nitrogens with one attached hydrogen (secondary N) is 1. The first kappa shape index (κ1) is 18.5. The van der Waals surface area contributed by atoms with Crippen molar-refractivity contribution in [2.45, 2.75) is 13.0 Å². The molecule has 148 valence electrons. The molecule has 11 heteroatoms. The van der Waals surface area contributed by atoms with E-state index in [1.54, 1.807) is 24.3 Å². The second kappa shape index (κ2) is 7.28. The molecule has 0 unspecified atom stereocenters. The average molecular weight is 399 g/mol. The van der Waals surface area contributed by atoms with Gasteiger partial charge in [0.2, 0.25) is 0 Å². The summed E-state index contributed by atoms with van der Waals surface area (Å²) in [7, 11) is 0. The Balaban J connectivity index is 1.67. The number of alkyl halides is 2. The predicted molar refractivity (Wildman–Crippen MR) is 99.8 cm³/mol. The van der Waals surface area contributed by atoms with Crippen LogP contribution in [0.3, 0.4) is 0 Å². The molecule has 3 heterocycles. The highest BCUT2D eigenvalue weighted by Crippen LogP contribution is 2.27. The van der Waals surface area contributed by atoms with Gasteiger partial charge in [0.1, 0.15) is 11.4 Å². The van der Waals surface area contributed by atoms with Crippen molar-refractivity contribution in [1.82, 2.24) is 24.4 Å². The molecule has 29 heavy (non-hydrogen) atoms. The van der Waals surface area contributed by atoms with Gasteiger partial charge in [-0.3, -0.25) is 4.79 Å². The molecular formula is C18H15F2N7O2. The Kier molecular flexibility index (Phi) is 4.64. The number of anilines is 2. The van der Waals surface area contributed by atoms with Crippen LogP contribution in [0.5, 0.6) is 0 Å². The lowest BCUT2D eigenvalue weighted by Gasteiger charge is -2.03. The maximum atomic E-state index is 13.5. The van der Waals surface area contributed by atoms with Crippen molar-refractivity contribution in [2.24, 2.45) is 0 Å². The second-order valence-electron chi connectivity index (χ2n) is 6.13. The minimum atomic E-state index is -2.90. The van der Waals surface area contributed by atoms with Gasteiger partial charge in [-0.15, -0.1) is 0 Å². The van der Waals surface area contributed by atoms with Crippen molar-refractivity contribution in [1.29, 1.82) is 0 Å². The highest BCUT2D eigenvalue weighted by atomic mass is 19.3. The van der Waals surface area contributed by atoms with E-state index in [-0.39, 0.29) is 29.3 Å². The van der Waals surface area contributed by atoms with Gasteiger partial charge in [0, 0.05) is 6.20 Å². The van der Waals surface area contributed by atoms with Crippen LogP contribution in [0.25, 0.3) is 11.3 Å². The SMILES string of the molecule is Nc1ccn2ncc(C(=O)Nc3cn(-c4ccc(CO)cc4)nc3C(F)F)c2n1. The smallest absolute Gasteiger partial charge is 0.284 e. The summed E-state index contributed by atoms with van der Waals surface area (Å²) in [5.74, 6) is -0.477. The molecule has 0 spiro atoms. The van der Waals surface area contributed by atoms with Crippen LogP contribution >= 0.6 is 0 Å². The summed E-state index contributed by atoms with van der Waals surface area (Å²) >= 11 is 0. The Hall–Kier alpha value is -3.86. The van der Waals surface area contributed by atoms with Gasteiger partial charge in [-0.1, -0.05) is 12.1 Å². The first-order valence-corrected chi connectivity index (χ1v) is 8.45. The number of aliphatic hydroxyl groups is 1. The topological polar surface area (TPSA) is 123 Å². The molecule has 3 aromatic heterocycles. The van der Waals surface area contributed by atoms with Crippen LogP contribution in [0, 0.1) is 0 Å². The van der Waals surface area contributed by atoms with Crippen molar-refractivity contribution < 1.29 is 18.7 Å². The summed E-state index contributed by atoms with van der Waals surface area (Å²) in [5.41, 5.74) is 6.38. The van der Waals surface area contributed by atoms with Gasteiger partial charge in [-0.2, -0.15) is 10.2 Å². The van der Waals surface area contributed by atoms with E-state index in [4.69, 9.17) is 10.8 Å². The van der Waals surface area contributed by atoms with Gasteiger partial charge < -0.3 is 16.2 Å². The third-order valence-corrected chi connectivity index (χ3v) is 4.22. The zero-order valence-electron chi connectivity index (χ0n) is 14.8. The number of hydrogen-bond acceptors (Lipinski definition) is 6. The highest BCUT2D eigenvalue weighted by molar-refractivity contribution is 6.08. The fraction of sp³-hybridized carbons (Fsp3) is 0.111. The van der Waals surface area contributed by atoms with Crippen molar-refractivity contribution in [3.63, 3.8) is 0 Å². The van der Waals surface area contributed by atoms with E-state index in [2.05, 4.69) is 20.5 Å². The molecule has 0 saturated heterocycles. The molecule has 0 fully saturated rings. The molecule has 1 amide bonds. The van der Waals surface area contributed by atoms with Crippen molar-refractivity contribution in [3.8, 4) is 5.69 Å². The standard InChI is InChI=1S/C18H15F2N7O2/c19-16(20)15-13(8-27(25-15)11-3-1-10(9-28)2-4-11)23-18(29)12-7-22-26-6-5-14(21)24-17(12)26/h1-8,16,28H,9H2,(H2,21,24)(H,23,29). The molecule has 0 aliphatic rings. The Morgan fingerprint density at radius 2 is 2.00 bits per heavy atom. The highest BCUT2D eigenvalue weighted by Gasteiger charge is 2.22. The number of aromatic nitrogens is 5. The summed E-state index contributed by atoms with van der Waals surface area (Å²) in [4.78, 5) is 16.7. The lowest BCUT2D eigenvalue weighted by atomic mass is 10.2. The fourth-order valence-electron chi connectivity index (χ4n) is 2.76. The first-order chi connectivity index (χ1) is 14.0. The number of rotatable bonds is 5. The van der Waals surface area contributed by atoms with Crippen LogP contribution < -0.4 is 11.1 Å². The first-order valence-electron chi connectivity index (χ1n) is 8.45. The van der Waals surface area contributed by atoms with E-state index in [9.17, 15) is 13.6 Å². The summed E-state index contributed by atoms with van der Waals surface area (Å²) in [5, 5.41) is 19.4. The van der Waals surface area contributed by atoms with E-state index in [1.165, 1.54) is 33.9 Å². The molecule has 4 aromatic rings. The normalized spacial score (nSPS) is 11.3. The molecule has 9 nitrogen and oxygen atoms in total. The molecule has 0 atom stereocenters. The number of halogens is 2. The van der Waals surface area contributed by atoms with Gasteiger partial charge in [-0.05, 0) is 23.8 Å². The summed E-state index contributed by atoms with van der Waals surface area (Å²) < 4.78 is 29.5. The third kappa shape index (κ3) is 3.50. The second-order valence-corrected chi connectivity index (χ2v) is 6.13. The zero-order chi connectivity index (χ0) is 20.5. The number of fused-ring (bicyclic) bond motifs is 1. The van der Waals surface area contributed by atoms with E-state index in [0.717, 1.165) is 0 Å². The zero-order valence-corrected chi connectivity index (χ0v) is 14.8. The lowest BCUT2D eigenvalue weighted by molar-refractivity contribution is 0.102. The number of hydrogen-bond donors (Lipinski definition) is 3. The summed E-state index contributed by atoms with van der Waals surface area (Å²) in [6.45, 7) is -0.138. The minimum Gasteiger partial charge on any atom is -0.392 e. The van der Waals surface area contributed by atoms with Crippen LogP contribution in [0.4, 0.5) is 20.3 Å². The molecule has 0 saturated carbocycles. The van der Waals surface area contributed by atoms with E-state index < -0.39 is 18.0 Å². The number of nitrogens with two attached hydrogens (primary N) is 1. The number of nitrogen functional groups attached to an aromatic ring is 1. The molecule has 4 N–H and O–H groups in total. The fourth-order valence-corrected chi connectivity index (χ4v) is 2.76. The number of carbonyl (C=O) groups excluding carboxylic acids is 1. The quantitative estimate of drug-likeness (QED) is 0.473. The summed E-state index contributed by atoms with van der Waals surface area (Å²) in [6.07, 6.45) is 1.20. The largest absolute Gasteiger partial charge is 0.392 e. The van der Waals surface area contributed by atoms with Crippen LogP contribution in [0.2, 0.25) is 0 Å². The van der Waals surface area contributed by atoms with Crippen molar-refractivity contribution in [2.75, 3.05) is 11.1 Å². The molecule has 4 rings (SSSR count). The van der Waals surface area contributed by atoms with E-state index in [0.29, 0.717) is 11.3 Å². The van der Waals surface area contributed by atoms with Crippen molar-refractivity contribution >= 4 is 23.1 Å². The Bertz CT molecular complexity index is 1180. The predicted octanol–water partition coefficient (Wildman–Crippen LogP) is 2.18. The molecule has 0 bridgehead atoms. The van der Waals surface area contributed by atoms with Crippen LogP contribution in [0.15, 0.2) is 48.9 Å². The van der Waals surface area contributed by atoms with Gasteiger partial charge in [-0.25, -0.2) is 23.0 Å². The monoisotopic (exact) mass is 399 g/mol. The van der Waals surface area contributed by atoms with Gasteiger partial charge in [0.25, 0.3) is 12.3 Å². The maximum absolute atomic E-state index is 13.5. The molecule has 0 aliphatic carbocycles. The minimum absolute atomic E-state index is 0.0811. The Morgan fingerprint density at radius 3 is 2.69 bits per heavy atom. The Morgan fingerprint density at radius 1 is 1.24 bits per heavy atom. The number of aliphatic hydroxyl groups excluding tert-OH is 1. The average Bonchev–Trinajstić information content (AvgIpc) is 3.32. The maximum Gasteiger partial charge on any atom is 0.284 e. The lowest BCUT2D eigenvalue weighted by Crippen LogP contribution is -2.13. The van der Waals surface area contributed by atoms with Crippen LogP contribution in [-0.4, -0.2) is 35.4 Å². The number of carbonyl (C=O) groups is 1. The molecular weight excluding hydrogens is 384 g/mol. The number of benzene rings is 1. The molecule has 1 aromatic carbocycles. The van der Waals surface area contributed by atoms with Gasteiger partial charge in [0.15, 0.2) is 11.3 Å². The van der Waals surface area contributed by atoms with Gasteiger partial charge >= 0.3 is 0 Å². The van der Waals surface area contributed by atoms with E-state index in [1.807, 2.05) is 0 Å². The Labute approximate surface area is 162 Å². The number of amides is 1. The molecule has 0 aliphatic heterocycles. The van der Waals surface area contributed by atoms with E-state index >= 15 is 0 Å². The van der Waals surface area contributed by atoms with Crippen LogP contribution in [-0.2, 0) is 6.61 Å². The summed E-state index contributed by atoms with van der Waals surface area (Å²) in [6, 6.07) is 8.05.